The highest BCUT2D eigenvalue weighted by atomic mass is 16.5. The van der Waals surface area contributed by atoms with Crippen LogP contribution in [0.2, 0.25) is 0 Å². The van der Waals surface area contributed by atoms with E-state index in [0.717, 1.165) is 12.8 Å². The molecule has 0 atom stereocenters. The molecule has 1 aliphatic rings. The van der Waals surface area contributed by atoms with Gasteiger partial charge in [0.25, 0.3) is 0 Å². The fraction of sp³-hybridized carbons (Fsp3) is 0.500. The summed E-state index contributed by atoms with van der Waals surface area (Å²) in [6.07, 6.45) is 3.03. The van der Waals surface area contributed by atoms with Gasteiger partial charge in [-0.15, -0.1) is 0 Å². The second kappa shape index (κ2) is 7.95. The van der Waals surface area contributed by atoms with Crippen LogP contribution in [0.1, 0.15) is 49.9 Å². The van der Waals surface area contributed by atoms with Crippen LogP contribution in [-0.2, 0) is 14.3 Å². The SMILES string of the molecule is CCCCNC(=O)C1(C(=O)Nc2ccc(C(=O)OCC)cc2)CC1. The number of unbranched alkanes of at least 4 members (excludes halogenated alkanes) is 1. The standard InChI is InChI=1S/C18H24N2O4/c1-3-5-12-19-16(22)18(10-11-18)17(23)20-14-8-6-13(7-9-14)15(21)24-4-2/h6-9H,3-5,10-12H2,1-2H3,(H,19,22)(H,20,23). The number of anilines is 1. The van der Waals surface area contributed by atoms with Crippen molar-refractivity contribution in [3.05, 3.63) is 29.8 Å². The maximum Gasteiger partial charge on any atom is 0.338 e. The Labute approximate surface area is 142 Å². The van der Waals surface area contributed by atoms with Crippen LogP contribution in [0.15, 0.2) is 24.3 Å². The van der Waals surface area contributed by atoms with Crippen molar-refractivity contribution in [1.29, 1.82) is 0 Å². The lowest BCUT2D eigenvalue weighted by molar-refractivity contribution is -0.134. The maximum absolute atomic E-state index is 12.4. The van der Waals surface area contributed by atoms with E-state index in [1.165, 1.54) is 0 Å². The summed E-state index contributed by atoms with van der Waals surface area (Å²) in [6.45, 7) is 4.70. The molecule has 0 bridgehead atoms. The maximum atomic E-state index is 12.4. The molecule has 1 aliphatic carbocycles. The average molecular weight is 332 g/mol. The number of amides is 2. The lowest BCUT2D eigenvalue weighted by Gasteiger charge is -2.15. The predicted molar refractivity (Wildman–Crippen MR) is 90.6 cm³/mol. The molecule has 1 saturated carbocycles. The van der Waals surface area contributed by atoms with Crippen LogP contribution in [0.3, 0.4) is 0 Å². The zero-order valence-electron chi connectivity index (χ0n) is 14.2. The molecule has 2 rings (SSSR count). The number of carbonyl (C=O) groups is 3. The van der Waals surface area contributed by atoms with Crippen LogP contribution in [-0.4, -0.2) is 30.9 Å². The molecule has 0 spiro atoms. The zero-order valence-corrected chi connectivity index (χ0v) is 14.2. The van der Waals surface area contributed by atoms with Crippen molar-refractivity contribution < 1.29 is 19.1 Å². The Bertz CT molecular complexity index is 606. The van der Waals surface area contributed by atoms with Crippen molar-refractivity contribution in [3.63, 3.8) is 0 Å². The number of hydrogen-bond acceptors (Lipinski definition) is 4. The molecule has 1 fully saturated rings. The Morgan fingerprint density at radius 3 is 2.29 bits per heavy atom. The molecule has 2 N–H and O–H groups in total. The average Bonchev–Trinajstić information content (AvgIpc) is 3.38. The van der Waals surface area contributed by atoms with Gasteiger partial charge in [-0.3, -0.25) is 9.59 Å². The van der Waals surface area contributed by atoms with Gasteiger partial charge in [-0.1, -0.05) is 13.3 Å². The fourth-order valence-electron chi connectivity index (χ4n) is 2.38. The first kappa shape index (κ1) is 18.0. The monoisotopic (exact) mass is 332 g/mol. The number of rotatable bonds is 8. The van der Waals surface area contributed by atoms with E-state index in [1.807, 2.05) is 6.92 Å². The Hall–Kier alpha value is -2.37. The molecule has 2 amide bonds. The van der Waals surface area contributed by atoms with Gasteiger partial charge in [0.1, 0.15) is 5.41 Å². The minimum atomic E-state index is -0.937. The van der Waals surface area contributed by atoms with E-state index in [0.29, 0.717) is 37.2 Å². The fourth-order valence-corrected chi connectivity index (χ4v) is 2.38. The van der Waals surface area contributed by atoms with Crippen LogP contribution >= 0.6 is 0 Å². The van der Waals surface area contributed by atoms with Gasteiger partial charge in [0.2, 0.25) is 11.8 Å². The normalized spacial score (nSPS) is 14.6. The molecule has 130 valence electrons. The van der Waals surface area contributed by atoms with Crippen molar-refractivity contribution >= 4 is 23.5 Å². The Balaban J connectivity index is 1.94. The van der Waals surface area contributed by atoms with Crippen molar-refractivity contribution in [2.45, 2.75) is 39.5 Å². The van der Waals surface area contributed by atoms with E-state index < -0.39 is 11.4 Å². The third-order valence-corrected chi connectivity index (χ3v) is 4.09. The summed E-state index contributed by atoms with van der Waals surface area (Å²) >= 11 is 0. The summed E-state index contributed by atoms with van der Waals surface area (Å²) in [7, 11) is 0. The van der Waals surface area contributed by atoms with Gasteiger partial charge in [-0.05, 0) is 50.5 Å². The highest BCUT2D eigenvalue weighted by Crippen LogP contribution is 2.46. The lowest BCUT2D eigenvalue weighted by atomic mass is 10.0. The topological polar surface area (TPSA) is 84.5 Å². The summed E-state index contributed by atoms with van der Waals surface area (Å²) in [6, 6.07) is 6.45. The molecule has 0 aliphatic heterocycles. The van der Waals surface area contributed by atoms with Gasteiger partial charge in [0.15, 0.2) is 0 Å². The Kier molecular flexibility index (Phi) is 5.95. The van der Waals surface area contributed by atoms with Crippen LogP contribution < -0.4 is 10.6 Å². The molecular weight excluding hydrogens is 308 g/mol. The first-order valence-electron chi connectivity index (χ1n) is 8.40. The predicted octanol–water partition coefficient (Wildman–Crippen LogP) is 2.50. The van der Waals surface area contributed by atoms with Gasteiger partial charge in [0.05, 0.1) is 12.2 Å². The summed E-state index contributed by atoms with van der Waals surface area (Å²) in [5.41, 5.74) is 0.0436. The van der Waals surface area contributed by atoms with E-state index in [9.17, 15) is 14.4 Å². The molecule has 1 aromatic rings. The van der Waals surface area contributed by atoms with Crippen molar-refractivity contribution in [3.8, 4) is 0 Å². The van der Waals surface area contributed by atoms with E-state index in [4.69, 9.17) is 4.74 Å². The molecule has 0 radical (unpaired) electrons. The highest BCUT2D eigenvalue weighted by molar-refractivity contribution is 6.13. The van der Waals surface area contributed by atoms with E-state index in [1.54, 1.807) is 31.2 Å². The highest BCUT2D eigenvalue weighted by Gasteiger charge is 2.56. The van der Waals surface area contributed by atoms with Crippen molar-refractivity contribution in [1.82, 2.24) is 5.32 Å². The third kappa shape index (κ3) is 4.13. The van der Waals surface area contributed by atoms with Crippen LogP contribution in [0, 0.1) is 5.41 Å². The third-order valence-electron chi connectivity index (χ3n) is 4.09. The minimum Gasteiger partial charge on any atom is -0.462 e. The summed E-state index contributed by atoms with van der Waals surface area (Å²) in [4.78, 5) is 36.2. The molecule has 0 aromatic heterocycles. The van der Waals surface area contributed by atoms with Crippen molar-refractivity contribution in [2.24, 2.45) is 5.41 Å². The van der Waals surface area contributed by atoms with Gasteiger partial charge >= 0.3 is 5.97 Å². The molecule has 6 heteroatoms. The van der Waals surface area contributed by atoms with Crippen molar-refractivity contribution in [2.75, 3.05) is 18.5 Å². The molecule has 1 aromatic carbocycles. The number of hydrogen-bond donors (Lipinski definition) is 2. The van der Waals surface area contributed by atoms with Gasteiger partial charge in [-0.2, -0.15) is 0 Å². The molecule has 0 heterocycles. The molecule has 0 unspecified atom stereocenters. The largest absolute Gasteiger partial charge is 0.462 e. The van der Waals surface area contributed by atoms with Gasteiger partial charge in [-0.25, -0.2) is 4.79 Å². The van der Waals surface area contributed by atoms with E-state index in [2.05, 4.69) is 10.6 Å². The summed E-state index contributed by atoms with van der Waals surface area (Å²) < 4.78 is 4.91. The molecule has 24 heavy (non-hydrogen) atoms. The van der Waals surface area contributed by atoms with E-state index in [-0.39, 0.29) is 11.8 Å². The molecule has 0 saturated heterocycles. The number of esters is 1. The molecular formula is C18H24N2O4. The number of carbonyl (C=O) groups excluding carboxylic acids is 3. The smallest absolute Gasteiger partial charge is 0.338 e. The van der Waals surface area contributed by atoms with Crippen LogP contribution in [0.25, 0.3) is 0 Å². The van der Waals surface area contributed by atoms with E-state index >= 15 is 0 Å². The number of nitrogens with one attached hydrogen (secondary N) is 2. The lowest BCUT2D eigenvalue weighted by Crippen LogP contribution is -2.40. The summed E-state index contributed by atoms with van der Waals surface area (Å²) in [5.74, 6) is -0.888. The van der Waals surface area contributed by atoms with Gasteiger partial charge in [0, 0.05) is 12.2 Å². The zero-order chi connectivity index (χ0) is 17.6. The number of ether oxygens (including phenoxy) is 1. The first-order valence-corrected chi connectivity index (χ1v) is 8.40. The molecule has 6 nitrogen and oxygen atoms in total. The minimum absolute atomic E-state index is 0.198. The second-order valence-corrected chi connectivity index (χ2v) is 5.94. The second-order valence-electron chi connectivity index (χ2n) is 5.94. The number of benzene rings is 1. The Morgan fingerprint density at radius 1 is 1.08 bits per heavy atom. The van der Waals surface area contributed by atoms with Crippen LogP contribution in [0.4, 0.5) is 5.69 Å². The quantitative estimate of drug-likeness (QED) is 0.435. The van der Waals surface area contributed by atoms with Gasteiger partial charge < -0.3 is 15.4 Å². The van der Waals surface area contributed by atoms with Crippen LogP contribution in [0.5, 0.6) is 0 Å². The first-order chi connectivity index (χ1) is 11.5. The Morgan fingerprint density at radius 2 is 1.75 bits per heavy atom. The summed E-state index contributed by atoms with van der Waals surface area (Å²) in [5, 5.41) is 5.59.